The smallest absolute Gasteiger partial charge is 0.238 e. The van der Waals surface area contributed by atoms with Crippen LogP contribution in [0.1, 0.15) is 5.56 Å². The summed E-state index contributed by atoms with van der Waals surface area (Å²) in [4.78, 5) is -0.934. The third-order valence-corrected chi connectivity index (χ3v) is 5.29. The zero-order valence-corrected chi connectivity index (χ0v) is 13.8. The average molecular weight is 380 g/mol. The fourth-order valence-electron chi connectivity index (χ4n) is 1.41. The summed E-state index contributed by atoms with van der Waals surface area (Å²) in [6.45, 7) is 0. The van der Waals surface area contributed by atoms with E-state index in [2.05, 4.69) is 0 Å². The molecule has 6 nitrogen and oxygen atoms in total. The minimum absolute atomic E-state index is 0.181. The number of primary sulfonamides is 1. The summed E-state index contributed by atoms with van der Waals surface area (Å²) >= 11 is 16.8. The molecule has 0 spiro atoms. The summed E-state index contributed by atoms with van der Waals surface area (Å²) in [5, 5.41) is 4.71. The minimum Gasteiger partial charge on any atom is -0.398 e. The standard InChI is InChI=1S/C9H9Cl3N2O4S2/c1-19(15,16)7-3-6(20(14,17)18)4(2-5(7)13)8(10)9(11)12/h2-3H,13H2,1H3,(H2,14,17,18). The minimum atomic E-state index is -4.27. The molecule has 0 amide bonds. The predicted octanol–water partition coefficient (Wildman–Crippen LogP) is 1.66. The van der Waals surface area contributed by atoms with E-state index in [1.807, 2.05) is 0 Å². The molecule has 0 aliphatic carbocycles. The number of hydrogen-bond acceptors (Lipinski definition) is 5. The largest absolute Gasteiger partial charge is 0.398 e. The molecule has 1 aromatic carbocycles. The Morgan fingerprint density at radius 3 is 1.90 bits per heavy atom. The van der Waals surface area contributed by atoms with Crippen molar-refractivity contribution in [3.63, 3.8) is 0 Å². The van der Waals surface area contributed by atoms with Gasteiger partial charge < -0.3 is 5.73 Å². The molecule has 0 atom stereocenters. The normalized spacial score (nSPS) is 12.2. The maximum Gasteiger partial charge on any atom is 0.238 e. The molecule has 20 heavy (non-hydrogen) atoms. The average Bonchev–Trinajstić information content (AvgIpc) is 2.23. The molecular formula is C9H9Cl3N2O4S2. The lowest BCUT2D eigenvalue weighted by atomic mass is 10.2. The van der Waals surface area contributed by atoms with Crippen molar-refractivity contribution in [2.24, 2.45) is 5.14 Å². The molecule has 1 aromatic rings. The first kappa shape index (κ1) is 17.5. The van der Waals surface area contributed by atoms with Crippen LogP contribution in [0, 0.1) is 0 Å². The molecule has 4 N–H and O–H groups in total. The van der Waals surface area contributed by atoms with Crippen molar-refractivity contribution in [3.05, 3.63) is 22.2 Å². The van der Waals surface area contributed by atoms with Gasteiger partial charge in [0.1, 0.15) is 4.49 Å². The van der Waals surface area contributed by atoms with Gasteiger partial charge >= 0.3 is 0 Å². The highest BCUT2D eigenvalue weighted by Crippen LogP contribution is 2.35. The molecule has 0 bridgehead atoms. The van der Waals surface area contributed by atoms with Gasteiger partial charge in [0, 0.05) is 11.8 Å². The van der Waals surface area contributed by atoms with E-state index in [-0.39, 0.29) is 21.2 Å². The first-order valence-corrected chi connectivity index (χ1v) is 9.30. The van der Waals surface area contributed by atoms with E-state index >= 15 is 0 Å². The molecule has 0 aromatic heterocycles. The molecule has 0 radical (unpaired) electrons. The zero-order chi connectivity index (χ0) is 15.9. The lowest BCUT2D eigenvalue weighted by Gasteiger charge is -2.12. The van der Waals surface area contributed by atoms with Crippen LogP contribution in [0.4, 0.5) is 5.69 Å². The first-order chi connectivity index (χ1) is 8.85. The van der Waals surface area contributed by atoms with Crippen LogP contribution in [0.5, 0.6) is 0 Å². The van der Waals surface area contributed by atoms with E-state index in [1.54, 1.807) is 0 Å². The molecule has 0 aliphatic heterocycles. The Kier molecular flexibility index (Phi) is 5.00. The predicted molar refractivity (Wildman–Crippen MR) is 79.8 cm³/mol. The monoisotopic (exact) mass is 378 g/mol. The second-order valence-corrected chi connectivity index (χ2v) is 8.62. The van der Waals surface area contributed by atoms with Gasteiger partial charge in [-0.25, -0.2) is 22.0 Å². The molecule has 0 saturated carbocycles. The summed E-state index contributed by atoms with van der Waals surface area (Å²) in [6, 6.07) is 1.84. The first-order valence-electron chi connectivity index (χ1n) is 4.73. The quantitative estimate of drug-likeness (QED) is 0.774. The lowest BCUT2D eigenvalue weighted by Crippen LogP contribution is -2.16. The second-order valence-electron chi connectivity index (χ2n) is 3.78. The number of sulfone groups is 1. The second kappa shape index (κ2) is 5.70. The molecule has 0 saturated heterocycles. The summed E-state index contributed by atoms with van der Waals surface area (Å²) in [5.74, 6) is 0. The van der Waals surface area contributed by atoms with Crippen LogP contribution in [0.15, 0.2) is 26.4 Å². The lowest BCUT2D eigenvalue weighted by molar-refractivity contribution is 0.597. The van der Waals surface area contributed by atoms with Crippen LogP contribution in [-0.4, -0.2) is 23.1 Å². The molecule has 112 valence electrons. The van der Waals surface area contributed by atoms with Crippen molar-refractivity contribution >= 4 is 65.4 Å². The molecular weight excluding hydrogens is 371 g/mol. The van der Waals surface area contributed by atoms with Gasteiger partial charge in [-0.3, -0.25) is 0 Å². The summed E-state index contributed by atoms with van der Waals surface area (Å²) in [5.41, 5.74) is 5.19. The molecule has 0 aliphatic rings. The van der Waals surface area contributed by atoms with E-state index < -0.39 is 29.2 Å². The van der Waals surface area contributed by atoms with Gasteiger partial charge in [0.15, 0.2) is 9.84 Å². The number of sulfonamides is 1. The molecule has 1 rings (SSSR count). The SMILES string of the molecule is CS(=O)(=O)c1cc(S(N)(=O)=O)c(C(Cl)=C(Cl)Cl)cc1N. The number of benzene rings is 1. The highest BCUT2D eigenvalue weighted by atomic mass is 35.5. The van der Waals surface area contributed by atoms with Crippen LogP contribution in [-0.2, 0) is 19.9 Å². The topological polar surface area (TPSA) is 120 Å². The Morgan fingerprint density at radius 2 is 1.55 bits per heavy atom. The van der Waals surface area contributed by atoms with Gasteiger partial charge in [-0.05, 0) is 12.1 Å². The molecule has 0 fully saturated rings. The van der Waals surface area contributed by atoms with E-state index in [0.717, 1.165) is 18.4 Å². The Bertz CT molecular complexity index is 797. The third kappa shape index (κ3) is 3.78. The van der Waals surface area contributed by atoms with Crippen molar-refractivity contribution in [2.75, 3.05) is 12.0 Å². The van der Waals surface area contributed by atoms with Crippen LogP contribution in [0.3, 0.4) is 0 Å². The Balaban J connectivity index is 3.91. The number of hydrogen-bond donors (Lipinski definition) is 2. The zero-order valence-electron chi connectivity index (χ0n) is 9.89. The maximum absolute atomic E-state index is 11.5. The maximum atomic E-state index is 11.5. The van der Waals surface area contributed by atoms with E-state index in [1.165, 1.54) is 0 Å². The highest BCUT2D eigenvalue weighted by Gasteiger charge is 2.23. The van der Waals surface area contributed by atoms with E-state index in [0.29, 0.717) is 0 Å². The van der Waals surface area contributed by atoms with Gasteiger partial charge in [-0.2, -0.15) is 0 Å². The Labute approximate surface area is 131 Å². The number of anilines is 1. The fraction of sp³-hybridized carbons (Fsp3) is 0.111. The molecule has 0 heterocycles. The highest BCUT2D eigenvalue weighted by molar-refractivity contribution is 7.91. The van der Waals surface area contributed by atoms with Gasteiger partial charge in [0.2, 0.25) is 10.0 Å². The Hall–Kier alpha value is -0.510. The number of halogens is 3. The van der Waals surface area contributed by atoms with Crippen LogP contribution >= 0.6 is 34.8 Å². The van der Waals surface area contributed by atoms with Crippen LogP contribution in [0.25, 0.3) is 5.03 Å². The van der Waals surface area contributed by atoms with Gasteiger partial charge in [0.05, 0.1) is 20.5 Å². The fourth-order valence-corrected chi connectivity index (χ4v) is 3.47. The van der Waals surface area contributed by atoms with Crippen molar-refractivity contribution in [3.8, 4) is 0 Å². The van der Waals surface area contributed by atoms with Gasteiger partial charge in [0.25, 0.3) is 0 Å². The number of nitrogens with two attached hydrogens (primary N) is 2. The summed E-state index contributed by atoms with van der Waals surface area (Å²) in [7, 11) is -8.02. The van der Waals surface area contributed by atoms with Crippen LogP contribution < -0.4 is 10.9 Å². The van der Waals surface area contributed by atoms with Crippen molar-refractivity contribution in [1.29, 1.82) is 0 Å². The Morgan fingerprint density at radius 1 is 1.05 bits per heavy atom. The van der Waals surface area contributed by atoms with Crippen molar-refractivity contribution in [2.45, 2.75) is 9.79 Å². The van der Waals surface area contributed by atoms with E-state index in [9.17, 15) is 16.8 Å². The third-order valence-electron chi connectivity index (χ3n) is 2.22. The van der Waals surface area contributed by atoms with Crippen molar-refractivity contribution < 1.29 is 16.8 Å². The van der Waals surface area contributed by atoms with Crippen LogP contribution in [0.2, 0.25) is 0 Å². The number of rotatable bonds is 3. The van der Waals surface area contributed by atoms with Crippen molar-refractivity contribution in [1.82, 2.24) is 0 Å². The van der Waals surface area contributed by atoms with Gasteiger partial charge in [-0.15, -0.1) is 0 Å². The summed E-state index contributed by atoms with van der Waals surface area (Å²) in [6.07, 6.45) is 0.872. The summed E-state index contributed by atoms with van der Waals surface area (Å²) < 4.78 is 45.7. The van der Waals surface area contributed by atoms with Gasteiger partial charge in [-0.1, -0.05) is 34.8 Å². The molecule has 11 heteroatoms. The molecule has 0 unspecified atom stereocenters. The number of nitrogen functional groups attached to an aromatic ring is 1. The van der Waals surface area contributed by atoms with E-state index in [4.69, 9.17) is 45.7 Å².